The highest BCUT2D eigenvalue weighted by Crippen LogP contribution is 2.29. The van der Waals surface area contributed by atoms with Crippen LogP contribution in [0.5, 0.6) is 0 Å². The van der Waals surface area contributed by atoms with Gasteiger partial charge in [-0.05, 0) is 35.9 Å². The number of benzene rings is 2. The van der Waals surface area contributed by atoms with E-state index in [1.54, 1.807) is 0 Å². The minimum Gasteiger partial charge on any atom is -0.379 e. The van der Waals surface area contributed by atoms with Crippen molar-refractivity contribution in [3.8, 4) is 0 Å². The maximum absolute atomic E-state index is 12.7. The van der Waals surface area contributed by atoms with Gasteiger partial charge in [-0.15, -0.1) is 0 Å². The van der Waals surface area contributed by atoms with E-state index >= 15 is 0 Å². The molecule has 7 nitrogen and oxygen atoms in total. The van der Waals surface area contributed by atoms with Crippen LogP contribution in [-0.4, -0.2) is 51.1 Å². The Bertz CT molecular complexity index is 1050. The summed E-state index contributed by atoms with van der Waals surface area (Å²) in [6, 6.07) is 9.90. The average Bonchev–Trinajstić information content (AvgIpc) is 2.74. The van der Waals surface area contributed by atoms with Crippen LogP contribution in [0.2, 0.25) is 0 Å². The Balaban J connectivity index is 1.71. The number of halogens is 3. The predicted molar refractivity (Wildman–Crippen MR) is 103 cm³/mol. The molecule has 0 bridgehead atoms. The van der Waals surface area contributed by atoms with Crippen molar-refractivity contribution in [2.45, 2.75) is 11.1 Å². The van der Waals surface area contributed by atoms with Crippen molar-refractivity contribution in [1.29, 1.82) is 0 Å². The molecule has 0 aromatic heterocycles. The Labute approximate surface area is 171 Å². The van der Waals surface area contributed by atoms with Crippen LogP contribution < -0.4 is 5.43 Å². The third kappa shape index (κ3) is 5.23. The van der Waals surface area contributed by atoms with Crippen LogP contribution in [0.25, 0.3) is 0 Å². The van der Waals surface area contributed by atoms with Gasteiger partial charge < -0.3 is 4.74 Å². The van der Waals surface area contributed by atoms with E-state index in [-0.39, 0.29) is 29.1 Å². The van der Waals surface area contributed by atoms with E-state index in [0.717, 1.165) is 18.3 Å². The van der Waals surface area contributed by atoms with Crippen LogP contribution in [0, 0.1) is 0 Å². The van der Waals surface area contributed by atoms with Crippen LogP contribution in [0.15, 0.2) is 58.5 Å². The second-order valence-electron chi connectivity index (χ2n) is 6.37. The first-order valence-electron chi connectivity index (χ1n) is 8.86. The number of amides is 1. The lowest BCUT2D eigenvalue weighted by Gasteiger charge is -2.26. The van der Waals surface area contributed by atoms with Gasteiger partial charge >= 0.3 is 6.18 Å². The highest BCUT2D eigenvalue weighted by atomic mass is 32.2. The van der Waals surface area contributed by atoms with E-state index < -0.39 is 27.7 Å². The van der Waals surface area contributed by atoms with E-state index in [4.69, 9.17) is 4.74 Å². The number of carbonyl (C=O) groups excluding carboxylic acids is 1. The number of nitrogens with one attached hydrogen (secondary N) is 1. The Kier molecular flexibility index (Phi) is 6.54. The largest absolute Gasteiger partial charge is 0.416 e. The Morgan fingerprint density at radius 1 is 1.10 bits per heavy atom. The molecule has 30 heavy (non-hydrogen) atoms. The van der Waals surface area contributed by atoms with Gasteiger partial charge in [0.15, 0.2) is 0 Å². The lowest BCUT2D eigenvalue weighted by Crippen LogP contribution is -2.40. The summed E-state index contributed by atoms with van der Waals surface area (Å²) in [5, 5.41) is 3.65. The minimum absolute atomic E-state index is 0.0427. The Morgan fingerprint density at radius 2 is 1.80 bits per heavy atom. The number of rotatable bonds is 5. The van der Waals surface area contributed by atoms with E-state index in [1.807, 2.05) is 0 Å². The molecule has 0 aliphatic carbocycles. The van der Waals surface area contributed by atoms with Crippen molar-refractivity contribution < 1.29 is 31.1 Å². The molecule has 3 rings (SSSR count). The van der Waals surface area contributed by atoms with Gasteiger partial charge in [-0.1, -0.05) is 18.2 Å². The van der Waals surface area contributed by atoms with E-state index in [0.29, 0.717) is 13.2 Å². The van der Waals surface area contributed by atoms with Gasteiger partial charge in [0.25, 0.3) is 5.91 Å². The molecule has 1 aliphatic rings. The molecule has 0 unspecified atom stereocenters. The monoisotopic (exact) mass is 441 g/mol. The van der Waals surface area contributed by atoms with Crippen molar-refractivity contribution in [2.75, 3.05) is 26.3 Å². The summed E-state index contributed by atoms with van der Waals surface area (Å²) in [6.07, 6.45) is -3.42. The van der Waals surface area contributed by atoms with E-state index in [9.17, 15) is 26.4 Å². The molecule has 2 aromatic rings. The summed E-state index contributed by atoms with van der Waals surface area (Å²) in [4.78, 5) is 12.2. The van der Waals surface area contributed by atoms with Crippen LogP contribution >= 0.6 is 0 Å². The van der Waals surface area contributed by atoms with Crippen molar-refractivity contribution in [2.24, 2.45) is 5.10 Å². The van der Waals surface area contributed by atoms with Crippen LogP contribution in [0.1, 0.15) is 21.5 Å². The molecule has 11 heteroatoms. The molecular formula is C19H18F3N3O4S. The molecule has 1 saturated heterocycles. The molecule has 0 radical (unpaired) electrons. The number of alkyl halides is 3. The highest BCUT2D eigenvalue weighted by Gasteiger charge is 2.30. The maximum atomic E-state index is 12.7. The zero-order valence-corrected chi connectivity index (χ0v) is 16.4. The third-order valence-corrected chi connectivity index (χ3v) is 6.19. The SMILES string of the molecule is O=C(NN=Cc1cccc(C(F)(F)F)c1)c1cccc(S(=O)(=O)N2CCOCC2)c1. The lowest BCUT2D eigenvalue weighted by molar-refractivity contribution is -0.137. The van der Waals surface area contributed by atoms with Gasteiger partial charge in [0, 0.05) is 18.7 Å². The van der Waals surface area contributed by atoms with Crippen molar-refractivity contribution in [3.63, 3.8) is 0 Å². The zero-order valence-electron chi connectivity index (χ0n) is 15.6. The molecule has 0 saturated carbocycles. The number of carbonyl (C=O) groups is 1. The van der Waals surface area contributed by atoms with Crippen LogP contribution in [0.4, 0.5) is 13.2 Å². The summed E-state index contributed by atoms with van der Waals surface area (Å²) in [5.41, 5.74) is 1.54. The third-order valence-electron chi connectivity index (χ3n) is 4.30. The average molecular weight is 441 g/mol. The quantitative estimate of drug-likeness (QED) is 0.571. The summed E-state index contributed by atoms with van der Waals surface area (Å²) in [7, 11) is -3.77. The molecule has 1 aliphatic heterocycles. The number of hydrogen-bond donors (Lipinski definition) is 1. The molecule has 1 N–H and O–H groups in total. The first-order chi connectivity index (χ1) is 14.2. The zero-order chi connectivity index (χ0) is 21.8. The minimum atomic E-state index is -4.49. The van der Waals surface area contributed by atoms with Gasteiger partial charge in [-0.3, -0.25) is 4.79 Å². The number of hydrazone groups is 1. The lowest BCUT2D eigenvalue weighted by atomic mass is 10.1. The summed E-state index contributed by atoms with van der Waals surface area (Å²) in [6.45, 7) is 1.04. The number of ether oxygens (including phenoxy) is 1. The number of morpholine rings is 1. The summed E-state index contributed by atoms with van der Waals surface area (Å²) >= 11 is 0. The molecule has 2 aromatic carbocycles. The fourth-order valence-corrected chi connectivity index (χ4v) is 4.21. The van der Waals surface area contributed by atoms with Gasteiger partial charge in [0.2, 0.25) is 10.0 Å². The normalized spacial score (nSPS) is 16.0. The van der Waals surface area contributed by atoms with E-state index in [1.165, 1.54) is 40.7 Å². The van der Waals surface area contributed by atoms with Crippen molar-refractivity contribution in [3.05, 3.63) is 65.2 Å². The van der Waals surface area contributed by atoms with Crippen molar-refractivity contribution >= 4 is 22.1 Å². The molecule has 1 heterocycles. The number of hydrogen-bond acceptors (Lipinski definition) is 5. The van der Waals surface area contributed by atoms with Crippen LogP contribution in [-0.2, 0) is 20.9 Å². The summed E-state index contributed by atoms with van der Waals surface area (Å²) in [5.74, 6) is -0.697. The van der Waals surface area contributed by atoms with Gasteiger partial charge in [0.05, 0.1) is 29.9 Å². The van der Waals surface area contributed by atoms with E-state index in [2.05, 4.69) is 10.5 Å². The van der Waals surface area contributed by atoms with Gasteiger partial charge in [-0.25, -0.2) is 13.8 Å². The van der Waals surface area contributed by atoms with Crippen LogP contribution in [0.3, 0.4) is 0 Å². The highest BCUT2D eigenvalue weighted by molar-refractivity contribution is 7.89. The smallest absolute Gasteiger partial charge is 0.379 e. The molecule has 1 fully saturated rings. The van der Waals surface area contributed by atoms with Crippen molar-refractivity contribution in [1.82, 2.24) is 9.73 Å². The van der Waals surface area contributed by atoms with Gasteiger partial charge in [0.1, 0.15) is 0 Å². The Hall–Kier alpha value is -2.76. The topological polar surface area (TPSA) is 88.1 Å². The predicted octanol–water partition coefficient (Wildman–Crippen LogP) is 2.49. The number of nitrogens with zero attached hydrogens (tertiary/aromatic N) is 2. The molecule has 1 amide bonds. The molecule has 0 spiro atoms. The Morgan fingerprint density at radius 3 is 2.50 bits per heavy atom. The first kappa shape index (κ1) is 21.9. The molecule has 0 atom stereocenters. The molecular weight excluding hydrogens is 423 g/mol. The summed E-state index contributed by atoms with van der Waals surface area (Å²) < 4.78 is 70.0. The molecule has 160 valence electrons. The maximum Gasteiger partial charge on any atom is 0.416 e. The second kappa shape index (κ2) is 8.94. The number of sulfonamides is 1. The second-order valence-corrected chi connectivity index (χ2v) is 8.30. The fraction of sp³-hybridized carbons (Fsp3) is 0.263. The van der Waals surface area contributed by atoms with Gasteiger partial charge in [-0.2, -0.15) is 22.6 Å². The first-order valence-corrected chi connectivity index (χ1v) is 10.3. The standard InChI is InChI=1S/C19H18F3N3O4S/c20-19(21,22)16-5-1-3-14(11-16)13-23-24-18(26)15-4-2-6-17(12-15)30(27,28)25-7-9-29-10-8-25/h1-6,11-13H,7-10H2,(H,24,26). The fourth-order valence-electron chi connectivity index (χ4n) is 2.76.